The van der Waals surface area contributed by atoms with Gasteiger partial charge in [0.05, 0.1) is 16.6 Å². The van der Waals surface area contributed by atoms with Gasteiger partial charge in [-0.3, -0.25) is 0 Å². The van der Waals surface area contributed by atoms with Gasteiger partial charge in [-0.15, -0.1) is 0 Å². The topological polar surface area (TPSA) is 25.8 Å². The highest BCUT2D eigenvalue weighted by atomic mass is 32.2. The maximum atomic E-state index is 5.38. The second-order valence-electron chi connectivity index (χ2n) is 11.7. The Morgan fingerprint density at radius 3 is 1.93 bits per heavy atom. The van der Waals surface area contributed by atoms with Crippen molar-refractivity contribution >= 4 is 33.4 Å². The van der Waals surface area contributed by atoms with Crippen LogP contribution in [0.2, 0.25) is 0 Å². The van der Waals surface area contributed by atoms with Crippen molar-refractivity contribution in [3.05, 3.63) is 192 Å². The molecular weight excluding hydrogens is 577 g/mol. The average Bonchev–Trinajstić information content (AvgIpc) is 3.13. The van der Waals surface area contributed by atoms with Crippen molar-refractivity contribution in [3.63, 3.8) is 0 Å². The van der Waals surface area contributed by atoms with Crippen molar-refractivity contribution in [1.82, 2.24) is 9.97 Å². The highest BCUT2D eigenvalue weighted by Crippen LogP contribution is 2.57. The molecular formula is C43H28N2S. The first-order valence-corrected chi connectivity index (χ1v) is 16.4. The van der Waals surface area contributed by atoms with Crippen LogP contribution in [-0.4, -0.2) is 9.97 Å². The van der Waals surface area contributed by atoms with Crippen LogP contribution in [0, 0.1) is 0 Å². The van der Waals surface area contributed by atoms with E-state index in [2.05, 4.69) is 170 Å². The Hall–Kier alpha value is -5.51. The fourth-order valence-corrected chi connectivity index (χ4v) is 8.46. The molecule has 1 aromatic heterocycles. The summed E-state index contributed by atoms with van der Waals surface area (Å²) in [6.07, 6.45) is 0. The lowest BCUT2D eigenvalue weighted by molar-refractivity contribution is 0.703. The maximum Gasteiger partial charge on any atom is 0.161 e. The lowest BCUT2D eigenvalue weighted by Crippen LogP contribution is -2.34. The van der Waals surface area contributed by atoms with Crippen molar-refractivity contribution < 1.29 is 0 Å². The fourth-order valence-electron chi connectivity index (χ4n) is 7.16. The molecule has 0 bridgehead atoms. The molecule has 3 heteroatoms. The third kappa shape index (κ3) is 4.13. The summed E-state index contributed by atoms with van der Waals surface area (Å²) in [7, 11) is 0. The summed E-state index contributed by atoms with van der Waals surface area (Å²) in [5.74, 6) is 0.737. The van der Waals surface area contributed by atoms with Crippen LogP contribution in [0.4, 0.5) is 0 Å². The van der Waals surface area contributed by atoms with E-state index in [-0.39, 0.29) is 0 Å². The van der Waals surface area contributed by atoms with Gasteiger partial charge in [0, 0.05) is 26.3 Å². The van der Waals surface area contributed by atoms with Gasteiger partial charge in [0.15, 0.2) is 5.82 Å². The molecule has 46 heavy (non-hydrogen) atoms. The van der Waals surface area contributed by atoms with Crippen LogP contribution in [0.1, 0.15) is 22.3 Å². The van der Waals surface area contributed by atoms with E-state index < -0.39 is 5.41 Å². The molecule has 2 heterocycles. The minimum atomic E-state index is -0.506. The van der Waals surface area contributed by atoms with Gasteiger partial charge < -0.3 is 0 Å². The van der Waals surface area contributed by atoms with Gasteiger partial charge >= 0.3 is 0 Å². The van der Waals surface area contributed by atoms with E-state index in [1.807, 2.05) is 11.8 Å². The number of aromatic nitrogens is 2. The molecule has 216 valence electrons. The van der Waals surface area contributed by atoms with Gasteiger partial charge in [0.2, 0.25) is 0 Å². The van der Waals surface area contributed by atoms with Crippen LogP contribution < -0.4 is 0 Å². The SMILES string of the molecule is c1ccc(C2(c3ccccc3)c3ccccc3Sc3c(-c4nc(-c5ccc6ccccc6c5)c5ccccc5n4)cccc32)cc1. The molecule has 0 aliphatic carbocycles. The molecule has 0 spiro atoms. The number of hydrogen-bond acceptors (Lipinski definition) is 3. The molecule has 2 nitrogen and oxygen atoms in total. The Balaban J connectivity index is 1.34. The van der Waals surface area contributed by atoms with E-state index in [0.29, 0.717) is 0 Å². The van der Waals surface area contributed by atoms with Gasteiger partial charge in [-0.05, 0) is 51.2 Å². The average molecular weight is 605 g/mol. The quantitative estimate of drug-likeness (QED) is 0.200. The summed E-state index contributed by atoms with van der Waals surface area (Å²) >= 11 is 1.82. The van der Waals surface area contributed by atoms with Crippen LogP contribution >= 0.6 is 11.8 Å². The highest BCUT2D eigenvalue weighted by Gasteiger charge is 2.45. The first-order chi connectivity index (χ1) is 22.8. The van der Waals surface area contributed by atoms with Crippen LogP contribution in [0.25, 0.3) is 44.3 Å². The smallest absolute Gasteiger partial charge is 0.161 e. The Labute approximate surface area is 272 Å². The summed E-state index contributed by atoms with van der Waals surface area (Å²) in [5, 5.41) is 3.46. The summed E-state index contributed by atoms with van der Waals surface area (Å²) < 4.78 is 0. The van der Waals surface area contributed by atoms with Crippen LogP contribution in [0.3, 0.4) is 0 Å². The molecule has 0 unspecified atom stereocenters. The van der Waals surface area contributed by atoms with E-state index >= 15 is 0 Å². The fraction of sp³-hybridized carbons (Fsp3) is 0.0233. The largest absolute Gasteiger partial charge is 0.228 e. The Morgan fingerprint density at radius 2 is 1.13 bits per heavy atom. The number of para-hydroxylation sites is 1. The van der Waals surface area contributed by atoms with Gasteiger partial charge in [-0.1, -0.05) is 163 Å². The maximum absolute atomic E-state index is 5.38. The molecule has 9 rings (SSSR count). The van der Waals surface area contributed by atoms with Crippen LogP contribution in [0.5, 0.6) is 0 Å². The number of fused-ring (bicyclic) bond motifs is 4. The first-order valence-electron chi connectivity index (χ1n) is 15.6. The van der Waals surface area contributed by atoms with E-state index in [0.717, 1.165) is 33.5 Å². The van der Waals surface area contributed by atoms with Gasteiger partial charge in [0.1, 0.15) is 0 Å². The lowest BCUT2D eigenvalue weighted by atomic mass is 9.64. The third-order valence-corrected chi connectivity index (χ3v) is 10.4. The van der Waals surface area contributed by atoms with Gasteiger partial charge in [0.25, 0.3) is 0 Å². The number of nitrogens with zero attached hydrogens (tertiary/aromatic N) is 2. The molecule has 0 fully saturated rings. The first kappa shape index (κ1) is 26.9. The summed E-state index contributed by atoms with van der Waals surface area (Å²) in [6.45, 7) is 0. The summed E-state index contributed by atoms with van der Waals surface area (Å²) in [5.41, 5.74) is 8.52. The van der Waals surface area contributed by atoms with Crippen molar-refractivity contribution in [3.8, 4) is 22.6 Å². The Morgan fingerprint density at radius 1 is 0.478 bits per heavy atom. The van der Waals surface area contributed by atoms with E-state index in [9.17, 15) is 0 Å². The molecule has 1 aliphatic rings. The Bertz CT molecular complexity index is 2360. The third-order valence-electron chi connectivity index (χ3n) is 9.20. The van der Waals surface area contributed by atoms with E-state index in [4.69, 9.17) is 9.97 Å². The monoisotopic (exact) mass is 604 g/mol. The van der Waals surface area contributed by atoms with Crippen molar-refractivity contribution in [2.45, 2.75) is 15.2 Å². The Kier molecular flexibility index (Phi) is 6.32. The molecule has 0 amide bonds. The molecule has 0 radical (unpaired) electrons. The van der Waals surface area contributed by atoms with E-state index in [1.54, 1.807) is 0 Å². The predicted octanol–water partition coefficient (Wildman–Crippen LogP) is 11.0. The van der Waals surface area contributed by atoms with Gasteiger partial charge in [-0.25, -0.2) is 9.97 Å². The predicted molar refractivity (Wildman–Crippen MR) is 190 cm³/mol. The standard InChI is InChI=1S/C43H28N2S/c1-3-16-32(17-4-1)43(33-18-5-2-6-19-33)36-22-10-12-25-39(36)46-41-35(21-13-23-37(41)43)42-44-38-24-11-9-20-34(38)40(45-42)31-27-26-29-14-7-8-15-30(29)28-31/h1-28H. The second kappa shape index (κ2) is 10.8. The molecule has 0 N–H and O–H groups in total. The molecule has 0 saturated heterocycles. The van der Waals surface area contributed by atoms with Crippen molar-refractivity contribution in [2.75, 3.05) is 0 Å². The molecule has 7 aromatic carbocycles. The molecule has 1 aliphatic heterocycles. The minimum Gasteiger partial charge on any atom is -0.228 e. The van der Waals surface area contributed by atoms with Crippen LogP contribution in [-0.2, 0) is 5.41 Å². The van der Waals surface area contributed by atoms with Crippen molar-refractivity contribution in [2.24, 2.45) is 0 Å². The molecule has 8 aromatic rings. The number of rotatable bonds is 4. The summed E-state index contributed by atoms with van der Waals surface area (Å²) in [4.78, 5) is 13.0. The van der Waals surface area contributed by atoms with Crippen LogP contribution in [0.15, 0.2) is 180 Å². The number of hydrogen-bond donors (Lipinski definition) is 0. The highest BCUT2D eigenvalue weighted by molar-refractivity contribution is 7.99. The minimum absolute atomic E-state index is 0.506. The van der Waals surface area contributed by atoms with Gasteiger partial charge in [-0.2, -0.15) is 0 Å². The molecule has 0 atom stereocenters. The molecule has 0 saturated carbocycles. The zero-order valence-corrected chi connectivity index (χ0v) is 25.8. The van der Waals surface area contributed by atoms with E-state index in [1.165, 1.54) is 42.8 Å². The van der Waals surface area contributed by atoms with Crippen molar-refractivity contribution in [1.29, 1.82) is 0 Å². The number of benzene rings is 7. The zero-order valence-electron chi connectivity index (χ0n) is 25.0. The second-order valence-corrected chi connectivity index (χ2v) is 12.8. The normalized spacial score (nSPS) is 13.3. The summed E-state index contributed by atoms with van der Waals surface area (Å²) in [6, 6.07) is 60.8. The zero-order chi connectivity index (χ0) is 30.5. The lowest BCUT2D eigenvalue weighted by Gasteiger charge is -2.42.